The maximum absolute atomic E-state index is 12.5. The highest BCUT2D eigenvalue weighted by Gasteiger charge is 2.14. The van der Waals surface area contributed by atoms with Crippen molar-refractivity contribution in [3.8, 4) is 11.5 Å². The summed E-state index contributed by atoms with van der Waals surface area (Å²) in [4.78, 5) is 12.5. The number of aromatic nitrogens is 2. The van der Waals surface area contributed by atoms with E-state index in [1.807, 2.05) is 32.0 Å². The minimum Gasteiger partial charge on any atom is -0.493 e. The molecule has 1 atom stereocenters. The van der Waals surface area contributed by atoms with Crippen molar-refractivity contribution in [2.75, 3.05) is 27.4 Å². The fraction of sp³-hybridized carbons (Fsp3) is 0.478. The van der Waals surface area contributed by atoms with Crippen molar-refractivity contribution in [1.82, 2.24) is 15.1 Å². The molecule has 0 saturated heterocycles. The Morgan fingerprint density at radius 2 is 1.97 bits per heavy atom. The molecule has 1 N–H and O–H groups in total. The van der Waals surface area contributed by atoms with Crippen LogP contribution in [-0.2, 0) is 16.1 Å². The zero-order valence-corrected chi connectivity index (χ0v) is 19.8. The molecule has 0 aliphatic carbocycles. The van der Waals surface area contributed by atoms with Crippen molar-refractivity contribution >= 4 is 23.6 Å². The summed E-state index contributed by atoms with van der Waals surface area (Å²) in [6.45, 7) is 9.64. The van der Waals surface area contributed by atoms with E-state index in [4.69, 9.17) is 25.8 Å². The van der Waals surface area contributed by atoms with Crippen molar-refractivity contribution in [1.29, 1.82) is 0 Å². The molecule has 2 aromatic rings. The SMILES string of the molecule is COCCOc1ccc(C(C)NC(=O)/C=C/c2c(C)nn(CC(C)C)c2Cl)cc1OC. The van der Waals surface area contributed by atoms with E-state index in [2.05, 4.69) is 24.3 Å². The van der Waals surface area contributed by atoms with E-state index >= 15 is 0 Å². The molecule has 31 heavy (non-hydrogen) atoms. The van der Waals surface area contributed by atoms with E-state index in [1.54, 1.807) is 25.0 Å². The van der Waals surface area contributed by atoms with Crippen molar-refractivity contribution in [2.24, 2.45) is 5.92 Å². The molecule has 170 valence electrons. The number of benzene rings is 1. The Hall–Kier alpha value is -2.51. The van der Waals surface area contributed by atoms with E-state index in [1.165, 1.54) is 6.08 Å². The predicted molar refractivity (Wildman–Crippen MR) is 123 cm³/mol. The van der Waals surface area contributed by atoms with Crippen LogP contribution >= 0.6 is 11.6 Å². The van der Waals surface area contributed by atoms with Gasteiger partial charge in [-0.1, -0.05) is 31.5 Å². The summed E-state index contributed by atoms with van der Waals surface area (Å²) >= 11 is 6.44. The van der Waals surface area contributed by atoms with Gasteiger partial charge in [0.25, 0.3) is 0 Å². The third-order valence-corrected chi connectivity index (χ3v) is 5.04. The van der Waals surface area contributed by atoms with Gasteiger partial charge in [-0.2, -0.15) is 5.10 Å². The summed E-state index contributed by atoms with van der Waals surface area (Å²) in [6.07, 6.45) is 3.18. The van der Waals surface area contributed by atoms with Crippen LogP contribution in [0.15, 0.2) is 24.3 Å². The Morgan fingerprint density at radius 1 is 1.23 bits per heavy atom. The van der Waals surface area contributed by atoms with Crippen LogP contribution in [0.4, 0.5) is 0 Å². The van der Waals surface area contributed by atoms with E-state index in [0.717, 1.165) is 23.4 Å². The first-order valence-electron chi connectivity index (χ1n) is 10.3. The van der Waals surface area contributed by atoms with Gasteiger partial charge < -0.3 is 19.5 Å². The first-order chi connectivity index (χ1) is 14.8. The number of ether oxygens (including phenoxy) is 3. The van der Waals surface area contributed by atoms with Crippen LogP contribution in [-0.4, -0.2) is 43.1 Å². The quantitative estimate of drug-likeness (QED) is 0.406. The zero-order valence-electron chi connectivity index (χ0n) is 19.1. The molecule has 1 unspecified atom stereocenters. The van der Waals surface area contributed by atoms with E-state index in [0.29, 0.717) is 35.8 Å². The normalized spacial score (nSPS) is 12.4. The molecule has 1 amide bonds. The third-order valence-electron chi connectivity index (χ3n) is 4.64. The zero-order chi connectivity index (χ0) is 23.0. The number of carbonyl (C=O) groups excluding carboxylic acids is 1. The Bertz CT molecular complexity index is 908. The molecule has 0 radical (unpaired) electrons. The number of nitrogens with one attached hydrogen (secondary N) is 1. The second-order valence-corrected chi connectivity index (χ2v) is 8.04. The minimum atomic E-state index is -0.223. The van der Waals surface area contributed by atoms with E-state index in [-0.39, 0.29) is 11.9 Å². The van der Waals surface area contributed by atoms with Crippen molar-refractivity contribution in [3.63, 3.8) is 0 Å². The maximum Gasteiger partial charge on any atom is 0.244 e. The van der Waals surface area contributed by atoms with Crippen LogP contribution in [0.1, 0.15) is 43.6 Å². The molecule has 1 aromatic carbocycles. The first-order valence-corrected chi connectivity index (χ1v) is 10.7. The summed E-state index contributed by atoms with van der Waals surface area (Å²) in [5.74, 6) is 1.43. The van der Waals surface area contributed by atoms with Gasteiger partial charge in [0.2, 0.25) is 5.91 Å². The Morgan fingerprint density at radius 3 is 2.61 bits per heavy atom. The second-order valence-electron chi connectivity index (χ2n) is 7.68. The monoisotopic (exact) mass is 449 g/mol. The molecule has 1 heterocycles. The highest BCUT2D eigenvalue weighted by atomic mass is 35.5. The van der Waals surface area contributed by atoms with Crippen molar-refractivity contribution in [2.45, 2.75) is 40.3 Å². The van der Waals surface area contributed by atoms with Gasteiger partial charge in [-0.05, 0) is 43.5 Å². The number of methoxy groups -OCH3 is 2. The summed E-state index contributed by atoms with van der Waals surface area (Å²) in [5, 5.41) is 7.95. The topological polar surface area (TPSA) is 74.6 Å². The molecule has 0 fully saturated rings. The summed E-state index contributed by atoms with van der Waals surface area (Å²) in [7, 11) is 3.20. The average molecular weight is 450 g/mol. The Labute approximate surface area is 189 Å². The molecule has 0 spiro atoms. The van der Waals surface area contributed by atoms with Crippen LogP contribution in [0, 0.1) is 12.8 Å². The molecule has 0 saturated carbocycles. The van der Waals surface area contributed by atoms with Crippen molar-refractivity contribution in [3.05, 3.63) is 46.2 Å². The second kappa shape index (κ2) is 11.8. The lowest BCUT2D eigenvalue weighted by Gasteiger charge is -2.16. The van der Waals surface area contributed by atoms with Gasteiger partial charge in [-0.15, -0.1) is 0 Å². The van der Waals surface area contributed by atoms with Gasteiger partial charge in [0.1, 0.15) is 11.8 Å². The van der Waals surface area contributed by atoms with Gasteiger partial charge in [0.05, 0.1) is 25.5 Å². The largest absolute Gasteiger partial charge is 0.493 e. The number of hydrogen-bond donors (Lipinski definition) is 1. The molecule has 2 rings (SSSR count). The number of halogens is 1. The van der Waals surface area contributed by atoms with E-state index < -0.39 is 0 Å². The number of aryl methyl sites for hydroxylation is 1. The number of rotatable bonds is 11. The lowest BCUT2D eigenvalue weighted by atomic mass is 10.1. The molecular weight excluding hydrogens is 418 g/mol. The van der Waals surface area contributed by atoms with Gasteiger partial charge >= 0.3 is 0 Å². The first kappa shape index (κ1) is 24.8. The number of carbonyl (C=O) groups is 1. The van der Waals surface area contributed by atoms with Gasteiger partial charge in [0.15, 0.2) is 11.5 Å². The third kappa shape index (κ3) is 7.01. The fourth-order valence-electron chi connectivity index (χ4n) is 3.03. The summed E-state index contributed by atoms with van der Waals surface area (Å²) < 4.78 is 17.8. The van der Waals surface area contributed by atoms with E-state index in [9.17, 15) is 4.79 Å². The fourth-order valence-corrected chi connectivity index (χ4v) is 3.34. The highest BCUT2D eigenvalue weighted by Crippen LogP contribution is 2.30. The van der Waals surface area contributed by atoms with Crippen LogP contribution in [0.3, 0.4) is 0 Å². The van der Waals surface area contributed by atoms with Crippen LogP contribution in [0.25, 0.3) is 6.08 Å². The molecule has 0 aliphatic heterocycles. The Kier molecular flexibility index (Phi) is 9.40. The standard InChI is InChI=1S/C23H32ClN3O4/c1-15(2)14-27-23(24)19(17(4)26-27)8-10-22(28)25-16(3)18-7-9-20(21(13-18)30-6)31-12-11-29-5/h7-10,13,15-16H,11-12,14H2,1-6H3,(H,25,28)/b10-8+. The average Bonchev–Trinajstić information content (AvgIpc) is 2.98. The maximum atomic E-state index is 12.5. The Balaban J connectivity index is 2.05. The lowest BCUT2D eigenvalue weighted by Crippen LogP contribution is -2.24. The summed E-state index contributed by atoms with van der Waals surface area (Å²) in [6, 6.07) is 5.36. The number of hydrogen-bond acceptors (Lipinski definition) is 5. The molecule has 0 bridgehead atoms. The number of amides is 1. The summed E-state index contributed by atoms with van der Waals surface area (Å²) in [5.41, 5.74) is 2.44. The molecular formula is C23H32ClN3O4. The van der Waals surface area contributed by atoms with Crippen LogP contribution < -0.4 is 14.8 Å². The minimum absolute atomic E-state index is 0.223. The molecule has 7 nitrogen and oxygen atoms in total. The van der Waals surface area contributed by atoms with Gasteiger partial charge in [-0.25, -0.2) is 0 Å². The van der Waals surface area contributed by atoms with Crippen LogP contribution in [0.5, 0.6) is 11.5 Å². The van der Waals surface area contributed by atoms with Gasteiger partial charge in [-0.3, -0.25) is 9.48 Å². The molecule has 1 aromatic heterocycles. The van der Waals surface area contributed by atoms with Crippen molar-refractivity contribution < 1.29 is 19.0 Å². The smallest absolute Gasteiger partial charge is 0.244 e. The highest BCUT2D eigenvalue weighted by molar-refractivity contribution is 6.31. The molecule has 8 heteroatoms. The molecule has 0 aliphatic rings. The van der Waals surface area contributed by atoms with Crippen LogP contribution in [0.2, 0.25) is 5.15 Å². The lowest BCUT2D eigenvalue weighted by molar-refractivity contribution is -0.117. The number of nitrogens with zero attached hydrogens (tertiary/aromatic N) is 2. The van der Waals surface area contributed by atoms with Gasteiger partial charge in [0, 0.05) is 25.3 Å². The predicted octanol–water partition coefficient (Wildman–Crippen LogP) is 4.43.